The lowest BCUT2D eigenvalue weighted by molar-refractivity contribution is -0.140. The molecule has 0 aromatic carbocycles. The summed E-state index contributed by atoms with van der Waals surface area (Å²) in [6.45, 7) is 3.56. The maximum Gasteiger partial charge on any atom is 0.363 e. The van der Waals surface area contributed by atoms with Crippen molar-refractivity contribution in [3.05, 3.63) is 11.1 Å². The molecule has 1 aromatic heterocycles. The summed E-state index contributed by atoms with van der Waals surface area (Å²) in [5.41, 5.74) is 5.47. The number of carbonyl (C=O) groups is 2. The number of hydrogen-bond acceptors (Lipinski definition) is 10. The molecule has 0 radical (unpaired) electrons. The first kappa shape index (κ1) is 20.4. The van der Waals surface area contributed by atoms with Crippen molar-refractivity contribution in [2.45, 2.75) is 30.5 Å². The van der Waals surface area contributed by atoms with Gasteiger partial charge in [0, 0.05) is 10.6 Å². The van der Waals surface area contributed by atoms with Crippen molar-refractivity contribution < 1.29 is 27.4 Å². The number of nitrogens with two attached hydrogens (primary N) is 1. The third-order valence-electron chi connectivity index (χ3n) is 3.11. The topological polar surface area (TPSA) is 164 Å². The molecule has 4 N–H and O–H groups in total. The normalized spacial score (nSPS) is 20.9. The van der Waals surface area contributed by atoms with E-state index in [0.717, 1.165) is 23.1 Å². The average molecular weight is 423 g/mol. The zero-order valence-electron chi connectivity index (χ0n) is 13.9. The van der Waals surface area contributed by atoms with Crippen LogP contribution in [-0.2, 0) is 24.7 Å². The van der Waals surface area contributed by atoms with Gasteiger partial charge < -0.3 is 15.9 Å². The second-order valence-corrected chi connectivity index (χ2v) is 9.21. The number of nitrogen functional groups attached to an aromatic ring is 1. The Morgan fingerprint density at radius 1 is 1.58 bits per heavy atom. The number of anilines is 1. The molecular weight excluding hydrogens is 406 g/mol. The van der Waals surface area contributed by atoms with Crippen LogP contribution in [-0.4, -0.2) is 63.6 Å². The van der Waals surface area contributed by atoms with Crippen LogP contribution < -0.4 is 11.1 Å². The fraction of sp³-hybridized carbons (Fsp3) is 0.500. The molecule has 0 spiro atoms. The highest BCUT2D eigenvalue weighted by Gasteiger charge is 2.54. The lowest BCUT2D eigenvalue weighted by atomic mass is 10.1. The summed E-state index contributed by atoms with van der Waals surface area (Å²) in [5, 5.41) is 6.64. The third-order valence-corrected chi connectivity index (χ3v) is 6.13. The van der Waals surface area contributed by atoms with Gasteiger partial charge >= 0.3 is 10.3 Å². The van der Waals surface area contributed by atoms with Crippen molar-refractivity contribution in [2.75, 3.05) is 12.8 Å². The minimum atomic E-state index is -4.73. The molecule has 0 bridgehead atoms. The van der Waals surface area contributed by atoms with Gasteiger partial charge in [0.25, 0.3) is 11.8 Å². The van der Waals surface area contributed by atoms with Gasteiger partial charge in [0.05, 0.1) is 0 Å². The number of rotatable bonds is 7. The predicted octanol–water partition coefficient (Wildman–Crippen LogP) is -0.327. The second-order valence-electron chi connectivity index (χ2n) is 5.33. The summed E-state index contributed by atoms with van der Waals surface area (Å²) in [5.74, 6) is -1.74. The van der Waals surface area contributed by atoms with Crippen molar-refractivity contribution in [1.29, 1.82) is 0 Å². The lowest BCUT2D eigenvalue weighted by Gasteiger charge is -2.44. The van der Waals surface area contributed by atoms with Gasteiger partial charge in [0.1, 0.15) is 24.2 Å². The van der Waals surface area contributed by atoms with Crippen LogP contribution in [0.1, 0.15) is 19.5 Å². The maximum atomic E-state index is 12.5. The van der Waals surface area contributed by atoms with E-state index in [1.165, 1.54) is 12.5 Å². The molecule has 26 heavy (non-hydrogen) atoms. The van der Waals surface area contributed by atoms with Crippen LogP contribution in [0.5, 0.6) is 0 Å². The summed E-state index contributed by atoms with van der Waals surface area (Å²) in [4.78, 5) is 33.2. The highest BCUT2D eigenvalue weighted by Crippen LogP contribution is 2.34. The van der Waals surface area contributed by atoms with E-state index in [0.29, 0.717) is 4.31 Å². The van der Waals surface area contributed by atoms with Gasteiger partial charge in [-0.2, -0.15) is 12.7 Å². The Bertz CT molecular complexity index is 836. The number of thioether (sulfide) groups is 1. The molecule has 1 saturated heterocycles. The number of carbonyl (C=O) groups excluding carboxylic acids is 2. The van der Waals surface area contributed by atoms with E-state index in [1.54, 1.807) is 13.8 Å². The number of thiazole rings is 1. The highest BCUT2D eigenvalue weighted by atomic mass is 32.2. The van der Waals surface area contributed by atoms with Gasteiger partial charge in [-0.1, -0.05) is 19.0 Å². The zero-order chi connectivity index (χ0) is 19.6. The first-order chi connectivity index (χ1) is 12.1. The molecule has 0 unspecified atom stereocenters. The fourth-order valence-electron chi connectivity index (χ4n) is 2.13. The van der Waals surface area contributed by atoms with Crippen molar-refractivity contribution in [2.24, 2.45) is 5.16 Å². The van der Waals surface area contributed by atoms with Gasteiger partial charge in [-0.05, 0) is 0 Å². The van der Waals surface area contributed by atoms with E-state index in [9.17, 15) is 22.6 Å². The van der Waals surface area contributed by atoms with Crippen LogP contribution >= 0.6 is 23.1 Å². The predicted molar refractivity (Wildman–Crippen MR) is 96.9 cm³/mol. The molecule has 144 valence electrons. The number of aromatic nitrogens is 1. The molecule has 1 aromatic rings. The molecule has 11 nitrogen and oxygen atoms in total. The van der Waals surface area contributed by atoms with Crippen LogP contribution in [0.3, 0.4) is 0 Å². The quantitative estimate of drug-likeness (QED) is 0.230. The Labute approximate surface area is 157 Å². The second kappa shape index (κ2) is 7.77. The van der Waals surface area contributed by atoms with Gasteiger partial charge in [0.15, 0.2) is 10.8 Å². The van der Waals surface area contributed by atoms with Crippen molar-refractivity contribution in [1.82, 2.24) is 14.6 Å². The molecule has 1 aliphatic rings. The number of nitrogens with one attached hydrogen (secondary N) is 1. The zero-order valence-corrected chi connectivity index (χ0v) is 16.4. The van der Waals surface area contributed by atoms with Gasteiger partial charge in [-0.3, -0.25) is 14.1 Å². The molecule has 1 fully saturated rings. The van der Waals surface area contributed by atoms with Crippen LogP contribution in [0.4, 0.5) is 5.13 Å². The molecule has 2 amide bonds. The molecule has 2 atom stereocenters. The minimum Gasteiger partial charge on any atom is -0.398 e. The van der Waals surface area contributed by atoms with Crippen molar-refractivity contribution in [3.8, 4) is 0 Å². The molecule has 2 heterocycles. The monoisotopic (exact) mass is 423 g/mol. The Morgan fingerprint density at radius 2 is 2.23 bits per heavy atom. The Balaban J connectivity index is 2.23. The van der Waals surface area contributed by atoms with Crippen molar-refractivity contribution in [3.63, 3.8) is 0 Å². The third kappa shape index (κ3) is 4.25. The lowest BCUT2D eigenvalue weighted by Crippen LogP contribution is -2.71. The van der Waals surface area contributed by atoms with E-state index >= 15 is 0 Å². The standard InChI is InChI=1S/C12H17N5O6S3/c1-5(2)25-11-8(10(19)17(11)26(20,21)22)15-9(18)7(16-23-3)6-4-24-12(13)14-6/h4-5,8,11H,1-3H3,(H2,13,14)(H,15,18)(H,20,21,22)/t8-,11+/m1/s1. The van der Waals surface area contributed by atoms with E-state index in [-0.39, 0.29) is 21.8 Å². The molecule has 0 saturated carbocycles. The summed E-state index contributed by atoms with van der Waals surface area (Å²) in [7, 11) is -3.50. The van der Waals surface area contributed by atoms with E-state index < -0.39 is 33.5 Å². The molecule has 1 aliphatic heterocycles. The molecule has 0 aliphatic carbocycles. The Kier molecular flexibility index (Phi) is 6.10. The molecule has 14 heteroatoms. The van der Waals surface area contributed by atoms with Crippen molar-refractivity contribution >= 4 is 56.1 Å². The summed E-state index contributed by atoms with van der Waals surface area (Å²) >= 11 is 2.19. The van der Waals surface area contributed by atoms with Crippen LogP contribution in [0.25, 0.3) is 0 Å². The Morgan fingerprint density at radius 3 is 2.69 bits per heavy atom. The number of hydrogen-bond donors (Lipinski definition) is 3. The first-order valence-electron chi connectivity index (χ1n) is 7.15. The fourth-order valence-corrected chi connectivity index (χ4v) is 4.99. The smallest absolute Gasteiger partial charge is 0.363 e. The van der Waals surface area contributed by atoms with Crippen LogP contribution in [0.15, 0.2) is 10.5 Å². The van der Waals surface area contributed by atoms with Gasteiger partial charge in [0.2, 0.25) is 0 Å². The summed E-state index contributed by atoms with van der Waals surface area (Å²) in [6, 6.07) is -1.16. The summed E-state index contributed by atoms with van der Waals surface area (Å²) < 4.78 is 32.3. The minimum absolute atomic E-state index is 0.0674. The highest BCUT2D eigenvalue weighted by molar-refractivity contribution is 8.01. The van der Waals surface area contributed by atoms with Crippen LogP contribution in [0, 0.1) is 0 Å². The molecular formula is C12H17N5O6S3. The number of amides is 2. The van der Waals surface area contributed by atoms with E-state index in [2.05, 4.69) is 20.3 Å². The molecule has 2 rings (SSSR count). The van der Waals surface area contributed by atoms with Gasteiger partial charge in [-0.15, -0.1) is 23.1 Å². The van der Waals surface area contributed by atoms with Gasteiger partial charge in [-0.25, -0.2) is 4.98 Å². The van der Waals surface area contributed by atoms with Crippen LogP contribution in [0.2, 0.25) is 0 Å². The van der Waals surface area contributed by atoms with E-state index in [4.69, 9.17) is 5.73 Å². The largest absolute Gasteiger partial charge is 0.398 e. The SMILES string of the molecule is CON=C(C(=O)N[C@@H]1C(=O)N(S(=O)(=O)O)[C@H]1SC(C)C)c1csc(N)n1. The van der Waals surface area contributed by atoms with E-state index in [1.807, 2.05) is 0 Å². The number of nitrogens with zero attached hydrogens (tertiary/aromatic N) is 3. The first-order valence-corrected chi connectivity index (χ1v) is 10.4. The average Bonchev–Trinajstić information content (AvgIpc) is 2.94. The number of oxime groups is 1. The number of β-lactam (4-membered cyclic amide) rings is 1. The Hall–Kier alpha value is -1.90. The maximum absolute atomic E-state index is 12.5. The summed E-state index contributed by atoms with van der Waals surface area (Å²) in [6.07, 6.45) is 0.